The molecule has 4 nitrogen and oxygen atoms in total. The molecule has 0 spiro atoms. The minimum atomic E-state index is -0.449. The predicted octanol–water partition coefficient (Wildman–Crippen LogP) is 2.21. The smallest absolute Gasteiger partial charge is 0.252 e. The van der Waals surface area contributed by atoms with Crippen LogP contribution in [0.1, 0.15) is 22.8 Å². The van der Waals surface area contributed by atoms with Gasteiger partial charge in [0.25, 0.3) is 5.91 Å². The van der Waals surface area contributed by atoms with Crippen LogP contribution >= 0.6 is 0 Å². The van der Waals surface area contributed by atoms with Crippen LogP contribution in [0.5, 0.6) is 0 Å². The van der Waals surface area contributed by atoms with Gasteiger partial charge in [0, 0.05) is 19.3 Å². The van der Waals surface area contributed by atoms with Gasteiger partial charge < -0.3 is 10.6 Å². The van der Waals surface area contributed by atoms with Crippen molar-refractivity contribution in [3.63, 3.8) is 0 Å². The van der Waals surface area contributed by atoms with Crippen LogP contribution in [0.4, 0.5) is 5.82 Å². The van der Waals surface area contributed by atoms with Crippen molar-refractivity contribution in [2.75, 3.05) is 11.4 Å². The third-order valence-corrected chi connectivity index (χ3v) is 2.95. The zero-order chi connectivity index (χ0) is 13.7. The summed E-state index contributed by atoms with van der Waals surface area (Å²) in [4.78, 5) is 17.8. The summed E-state index contributed by atoms with van der Waals surface area (Å²) in [6.45, 7) is 3.49. The molecule has 1 amide bonds. The number of nitrogens with two attached hydrogens (primary N) is 1. The Morgan fingerprint density at radius 3 is 2.58 bits per heavy atom. The van der Waals surface area contributed by atoms with Crippen LogP contribution in [0.15, 0.2) is 48.7 Å². The summed E-state index contributed by atoms with van der Waals surface area (Å²) in [5.41, 5.74) is 7.03. The maximum absolute atomic E-state index is 11.5. The Kier molecular flexibility index (Phi) is 4.13. The maximum atomic E-state index is 11.5. The molecule has 2 aromatic rings. The fourth-order valence-electron chi connectivity index (χ4n) is 1.98. The maximum Gasteiger partial charge on any atom is 0.252 e. The van der Waals surface area contributed by atoms with Crippen molar-refractivity contribution in [2.45, 2.75) is 13.5 Å². The number of nitrogens with zero attached hydrogens (tertiary/aromatic N) is 2. The lowest BCUT2D eigenvalue weighted by Gasteiger charge is -2.23. The lowest BCUT2D eigenvalue weighted by molar-refractivity contribution is 0.100. The second-order valence-corrected chi connectivity index (χ2v) is 4.24. The highest BCUT2D eigenvalue weighted by atomic mass is 16.1. The molecule has 1 aromatic carbocycles. The van der Waals surface area contributed by atoms with Crippen LogP contribution in [0.2, 0.25) is 0 Å². The Morgan fingerprint density at radius 1 is 1.21 bits per heavy atom. The summed E-state index contributed by atoms with van der Waals surface area (Å²) >= 11 is 0. The van der Waals surface area contributed by atoms with E-state index in [4.69, 9.17) is 5.73 Å². The number of hydrogen-bond acceptors (Lipinski definition) is 3. The van der Waals surface area contributed by atoms with E-state index in [1.54, 1.807) is 18.3 Å². The molecule has 0 atom stereocenters. The minimum Gasteiger partial charge on any atom is -0.365 e. The van der Waals surface area contributed by atoms with E-state index in [1.807, 2.05) is 30.0 Å². The Morgan fingerprint density at radius 2 is 1.95 bits per heavy atom. The van der Waals surface area contributed by atoms with Gasteiger partial charge in [-0.25, -0.2) is 4.98 Å². The summed E-state index contributed by atoms with van der Waals surface area (Å²) in [5.74, 6) is 0.191. The minimum absolute atomic E-state index is 0.449. The van der Waals surface area contributed by atoms with Crippen molar-refractivity contribution in [1.82, 2.24) is 4.98 Å². The molecule has 2 rings (SSSR count). The number of pyridine rings is 1. The number of carbonyl (C=O) groups excluding carboxylic acids is 1. The number of primary amides is 1. The highest BCUT2D eigenvalue weighted by Gasteiger charge is 2.14. The lowest BCUT2D eigenvalue weighted by Crippen LogP contribution is -2.26. The molecule has 0 aliphatic heterocycles. The molecule has 0 saturated heterocycles. The monoisotopic (exact) mass is 255 g/mol. The first-order valence-corrected chi connectivity index (χ1v) is 6.26. The lowest BCUT2D eigenvalue weighted by atomic mass is 10.2. The number of anilines is 1. The van der Waals surface area contributed by atoms with Crippen molar-refractivity contribution in [2.24, 2.45) is 5.73 Å². The van der Waals surface area contributed by atoms with Gasteiger partial charge in [-0.3, -0.25) is 4.79 Å². The third-order valence-electron chi connectivity index (χ3n) is 2.95. The molecule has 98 valence electrons. The van der Waals surface area contributed by atoms with E-state index in [0.29, 0.717) is 17.9 Å². The topological polar surface area (TPSA) is 59.2 Å². The average Bonchev–Trinajstić information content (AvgIpc) is 2.46. The molecule has 0 aliphatic carbocycles. The summed E-state index contributed by atoms with van der Waals surface area (Å²) in [7, 11) is 0. The molecule has 0 bridgehead atoms. The van der Waals surface area contributed by atoms with Crippen LogP contribution in [0.3, 0.4) is 0 Å². The molecule has 1 heterocycles. The molecule has 2 N–H and O–H groups in total. The van der Waals surface area contributed by atoms with Gasteiger partial charge in [-0.1, -0.05) is 30.3 Å². The molecule has 1 aromatic heterocycles. The second-order valence-electron chi connectivity index (χ2n) is 4.24. The van der Waals surface area contributed by atoms with Gasteiger partial charge in [0.05, 0.1) is 5.56 Å². The fraction of sp³-hybridized carbons (Fsp3) is 0.200. The van der Waals surface area contributed by atoms with Crippen molar-refractivity contribution in [3.05, 3.63) is 59.8 Å². The molecule has 0 saturated carbocycles. The number of hydrogen-bond donors (Lipinski definition) is 1. The first-order valence-electron chi connectivity index (χ1n) is 6.26. The molecule has 0 fully saturated rings. The largest absolute Gasteiger partial charge is 0.365 e. The highest BCUT2D eigenvalue weighted by molar-refractivity contribution is 5.97. The van der Waals surface area contributed by atoms with E-state index in [-0.39, 0.29) is 0 Å². The summed E-state index contributed by atoms with van der Waals surface area (Å²) in [5, 5.41) is 0. The van der Waals surface area contributed by atoms with Crippen LogP contribution in [-0.2, 0) is 6.54 Å². The molecular formula is C15H17N3O. The fourth-order valence-corrected chi connectivity index (χ4v) is 1.98. The summed E-state index contributed by atoms with van der Waals surface area (Å²) in [6, 6.07) is 13.5. The predicted molar refractivity (Wildman–Crippen MR) is 75.9 cm³/mol. The molecular weight excluding hydrogens is 238 g/mol. The zero-order valence-electron chi connectivity index (χ0n) is 10.9. The Labute approximate surface area is 112 Å². The molecule has 0 unspecified atom stereocenters. The first-order chi connectivity index (χ1) is 9.22. The van der Waals surface area contributed by atoms with Gasteiger partial charge in [0.2, 0.25) is 0 Å². The number of carbonyl (C=O) groups is 1. The molecule has 4 heteroatoms. The van der Waals surface area contributed by atoms with Gasteiger partial charge in [0.1, 0.15) is 5.82 Å². The van der Waals surface area contributed by atoms with Gasteiger partial charge in [-0.05, 0) is 24.6 Å². The summed E-state index contributed by atoms with van der Waals surface area (Å²) in [6.07, 6.45) is 1.68. The Hall–Kier alpha value is -2.36. The van der Waals surface area contributed by atoms with Crippen molar-refractivity contribution >= 4 is 11.7 Å². The van der Waals surface area contributed by atoms with E-state index in [9.17, 15) is 4.79 Å². The second kappa shape index (κ2) is 6.00. The number of amides is 1. The van der Waals surface area contributed by atoms with Crippen molar-refractivity contribution in [1.29, 1.82) is 0 Å². The van der Waals surface area contributed by atoms with E-state index in [0.717, 1.165) is 6.54 Å². The van der Waals surface area contributed by atoms with Crippen LogP contribution < -0.4 is 10.6 Å². The van der Waals surface area contributed by atoms with Crippen molar-refractivity contribution in [3.8, 4) is 0 Å². The highest BCUT2D eigenvalue weighted by Crippen LogP contribution is 2.18. The van der Waals surface area contributed by atoms with E-state index < -0.39 is 5.91 Å². The van der Waals surface area contributed by atoms with Crippen LogP contribution in [0, 0.1) is 0 Å². The van der Waals surface area contributed by atoms with Gasteiger partial charge in [-0.15, -0.1) is 0 Å². The number of benzene rings is 1. The van der Waals surface area contributed by atoms with E-state index >= 15 is 0 Å². The Balaban J connectivity index is 2.30. The average molecular weight is 255 g/mol. The van der Waals surface area contributed by atoms with Gasteiger partial charge in [-0.2, -0.15) is 0 Å². The van der Waals surface area contributed by atoms with Gasteiger partial charge >= 0.3 is 0 Å². The van der Waals surface area contributed by atoms with Crippen molar-refractivity contribution < 1.29 is 4.79 Å². The van der Waals surface area contributed by atoms with Crippen LogP contribution in [-0.4, -0.2) is 17.4 Å². The third kappa shape index (κ3) is 3.10. The van der Waals surface area contributed by atoms with Gasteiger partial charge in [0.15, 0.2) is 0 Å². The molecule has 19 heavy (non-hydrogen) atoms. The quantitative estimate of drug-likeness (QED) is 0.891. The van der Waals surface area contributed by atoms with Crippen LogP contribution in [0.25, 0.3) is 0 Å². The van der Waals surface area contributed by atoms with E-state index in [1.165, 1.54) is 5.56 Å². The number of aromatic nitrogens is 1. The SMILES string of the molecule is CCN(Cc1ccccc1)c1ncccc1C(N)=O. The number of rotatable bonds is 5. The summed E-state index contributed by atoms with van der Waals surface area (Å²) < 4.78 is 0. The Bertz CT molecular complexity index is 554. The zero-order valence-corrected chi connectivity index (χ0v) is 10.9. The van der Waals surface area contributed by atoms with E-state index in [2.05, 4.69) is 17.1 Å². The molecule has 0 aliphatic rings. The standard InChI is InChI=1S/C15H17N3O/c1-2-18(11-12-7-4-3-5-8-12)15-13(14(16)19)9-6-10-17-15/h3-10H,2,11H2,1H3,(H2,16,19). The first kappa shape index (κ1) is 13.1. The normalized spacial score (nSPS) is 10.2. The molecule has 0 radical (unpaired) electrons.